The van der Waals surface area contributed by atoms with E-state index in [0.717, 1.165) is 45.5 Å². The molecule has 2 heterocycles. The minimum absolute atomic E-state index is 0.309. The second kappa shape index (κ2) is 9.27. The first-order valence-corrected chi connectivity index (χ1v) is 11.9. The molecular weight excluding hydrogens is 458 g/mol. The molecule has 1 fully saturated rings. The van der Waals surface area contributed by atoms with Crippen LogP contribution in [0, 0.1) is 13.8 Å². The van der Waals surface area contributed by atoms with E-state index in [1.807, 2.05) is 86.8 Å². The zero-order valence-electron chi connectivity index (χ0n) is 19.6. The molecule has 6 nitrogen and oxygen atoms in total. The average molecular weight is 482 g/mol. The number of imide groups is 1. The highest BCUT2D eigenvalue weighted by Crippen LogP contribution is 2.38. The van der Waals surface area contributed by atoms with Crippen molar-refractivity contribution in [3.05, 3.63) is 101 Å². The molecule has 7 heteroatoms. The summed E-state index contributed by atoms with van der Waals surface area (Å²) in [4.78, 5) is 27.9. The predicted octanol–water partition coefficient (Wildman–Crippen LogP) is 6.41. The smallest absolute Gasteiger partial charge is 0.298 e. The number of carbonyl (C=O) groups is 2. The lowest BCUT2D eigenvalue weighted by Gasteiger charge is -2.16. The number of para-hydroxylation sites is 1. The molecule has 0 atom stereocenters. The Morgan fingerprint density at radius 3 is 2.37 bits per heavy atom. The van der Waals surface area contributed by atoms with Crippen molar-refractivity contribution < 1.29 is 14.3 Å². The Morgan fingerprint density at radius 2 is 1.66 bits per heavy atom. The van der Waals surface area contributed by atoms with E-state index >= 15 is 0 Å². The zero-order valence-corrected chi connectivity index (χ0v) is 20.4. The normalized spacial score (nSPS) is 14.7. The van der Waals surface area contributed by atoms with E-state index in [9.17, 15) is 9.59 Å². The van der Waals surface area contributed by atoms with E-state index in [0.29, 0.717) is 16.3 Å². The van der Waals surface area contributed by atoms with Gasteiger partial charge in [-0.05, 0) is 85.3 Å². The summed E-state index contributed by atoms with van der Waals surface area (Å²) < 4.78 is 7.06. The molecule has 0 unspecified atom stereocenters. The van der Waals surface area contributed by atoms with Gasteiger partial charge in [0.05, 0.1) is 29.1 Å². The van der Waals surface area contributed by atoms with Gasteiger partial charge >= 0.3 is 0 Å². The predicted molar refractivity (Wildman–Crippen MR) is 140 cm³/mol. The fourth-order valence-electron chi connectivity index (χ4n) is 3.97. The van der Waals surface area contributed by atoms with Gasteiger partial charge in [-0.25, -0.2) is 9.58 Å². The lowest BCUT2D eigenvalue weighted by Crippen LogP contribution is -2.28. The number of amides is 2. The summed E-state index contributed by atoms with van der Waals surface area (Å²) >= 11 is 0.943. The molecule has 35 heavy (non-hydrogen) atoms. The largest absolute Gasteiger partial charge is 0.497 e. The number of rotatable bonds is 5. The van der Waals surface area contributed by atoms with Crippen LogP contribution in [-0.4, -0.2) is 28.0 Å². The van der Waals surface area contributed by atoms with Crippen molar-refractivity contribution >= 4 is 34.7 Å². The van der Waals surface area contributed by atoms with Crippen LogP contribution in [0.15, 0.2) is 83.9 Å². The number of ether oxygens (including phenoxy) is 1. The minimum Gasteiger partial charge on any atom is -0.497 e. The van der Waals surface area contributed by atoms with Gasteiger partial charge in [-0.1, -0.05) is 30.3 Å². The monoisotopic (exact) mass is 481 g/mol. The second-order valence-electron chi connectivity index (χ2n) is 8.18. The van der Waals surface area contributed by atoms with Crippen LogP contribution in [0.25, 0.3) is 23.0 Å². The summed E-state index contributed by atoms with van der Waals surface area (Å²) in [6.45, 7) is 3.89. The van der Waals surface area contributed by atoms with Crippen LogP contribution in [0.4, 0.5) is 10.5 Å². The third-order valence-corrected chi connectivity index (χ3v) is 6.89. The van der Waals surface area contributed by atoms with Gasteiger partial charge in [0, 0.05) is 17.3 Å². The van der Waals surface area contributed by atoms with E-state index in [4.69, 9.17) is 9.84 Å². The standard InChI is InChI=1S/C28H23N3O3S/c1-18-8-7-11-24(19(18)2)31-27(32)25(35-28(31)33)16-21-17-30(22-9-5-4-6-10-22)29-26(21)20-12-14-23(34-3)15-13-20/h4-17H,1-3H3/b25-16-. The minimum atomic E-state index is -0.332. The van der Waals surface area contributed by atoms with E-state index in [2.05, 4.69) is 0 Å². The Labute approximate surface area is 207 Å². The number of carbonyl (C=O) groups excluding carboxylic acids is 2. The molecule has 3 aromatic carbocycles. The molecule has 0 saturated carbocycles. The molecule has 2 amide bonds. The maximum Gasteiger partial charge on any atom is 0.298 e. The van der Waals surface area contributed by atoms with Gasteiger partial charge in [-0.15, -0.1) is 0 Å². The number of benzene rings is 3. The van der Waals surface area contributed by atoms with Crippen LogP contribution in [0.3, 0.4) is 0 Å². The molecule has 0 aliphatic carbocycles. The summed E-state index contributed by atoms with van der Waals surface area (Å²) in [5, 5.41) is 4.50. The Hall–Kier alpha value is -4.10. The highest BCUT2D eigenvalue weighted by atomic mass is 32.2. The summed E-state index contributed by atoms with van der Waals surface area (Å²) in [5.74, 6) is 0.411. The molecule has 0 N–H and O–H groups in total. The van der Waals surface area contributed by atoms with Crippen LogP contribution < -0.4 is 9.64 Å². The Bertz CT molecular complexity index is 1460. The van der Waals surface area contributed by atoms with Crippen molar-refractivity contribution in [2.75, 3.05) is 12.0 Å². The topological polar surface area (TPSA) is 64.4 Å². The van der Waals surface area contributed by atoms with Crippen molar-refractivity contribution in [3.8, 4) is 22.7 Å². The third kappa shape index (κ3) is 4.26. The van der Waals surface area contributed by atoms with Gasteiger partial charge < -0.3 is 4.74 Å². The van der Waals surface area contributed by atoms with Crippen molar-refractivity contribution in [3.63, 3.8) is 0 Å². The quantitative estimate of drug-likeness (QED) is 0.308. The lowest BCUT2D eigenvalue weighted by molar-refractivity contribution is -0.113. The summed E-state index contributed by atoms with van der Waals surface area (Å²) in [5.41, 5.74) is 5.76. The average Bonchev–Trinajstić information content (AvgIpc) is 3.42. The Kier molecular flexibility index (Phi) is 6.01. The molecule has 1 saturated heterocycles. The number of aromatic nitrogens is 2. The Morgan fingerprint density at radius 1 is 0.914 bits per heavy atom. The molecule has 1 aliphatic rings. The van der Waals surface area contributed by atoms with Gasteiger partial charge in [0.1, 0.15) is 5.75 Å². The lowest BCUT2D eigenvalue weighted by atomic mass is 10.1. The molecule has 0 radical (unpaired) electrons. The summed E-state index contributed by atoms with van der Waals surface area (Å²) in [7, 11) is 1.62. The first-order valence-electron chi connectivity index (χ1n) is 11.1. The van der Waals surface area contributed by atoms with Gasteiger partial charge in [0.2, 0.25) is 0 Å². The first-order chi connectivity index (χ1) is 17.0. The van der Waals surface area contributed by atoms with Gasteiger partial charge in [-0.2, -0.15) is 5.10 Å². The van der Waals surface area contributed by atoms with E-state index < -0.39 is 0 Å². The highest BCUT2D eigenvalue weighted by Gasteiger charge is 2.37. The van der Waals surface area contributed by atoms with Gasteiger partial charge in [-0.3, -0.25) is 9.59 Å². The number of aryl methyl sites for hydroxylation is 1. The molecule has 5 rings (SSSR count). The molecule has 4 aromatic rings. The maximum atomic E-state index is 13.4. The fraction of sp³-hybridized carbons (Fsp3) is 0.107. The number of nitrogens with zero attached hydrogens (tertiary/aromatic N) is 3. The first kappa shape index (κ1) is 22.7. The molecule has 174 valence electrons. The van der Waals surface area contributed by atoms with Crippen molar-refractivity contribution in [1.82, 2.24) is 9.78 Å². The van der Waals surface area contributed by atoms with Crippen LogP contribution in [0.5, 0.6) is 5.75 Å². The number of hydrogen-bond acceptors (Lipinski definition) is 5. The molecule has 1 aromatic heterocycles. The molecule has 1 aliphatic heterocycles. The van der Waals surface area contributed by atoms with E-state index in [-0.39, 0.29) is 11.1 Å². The second-order valence-corrected chi connectivity index (χ2v) is 9.17. The van der Waals surface area contributed by atoms with Gasteiger partial charge in [0.25, 0.3) is 11.1 Å². The summed E-state index contributed by atoms with van der Waals surface area (Å²) in [6, 6.07) is 23.0. The van der Waals surface area contributed by atoms with Crippen LogP contribution in [0.1, 0.15) is 16.7 Å². The van der Waals surface area contributed by atoms with Crippen molar-refractivity contribution in [1.29, 1.82) is 0 Å². The van der Waals surface area contributed by atoms with Gasteiger partial charge in [0.15, 0.2) is 0 Å². The number of methoxy groups -OCH3 is 1. The zero-order chi connectivity index (χ0) is 24.5. The Balaban J connectivity index is 1.58. The van der Waals surface area contributed by atoms with E-state index in [1.54, 1.807) is 23.9 Å². The SMILES string of the molecule is COc1ccc(-c2nn(-c3ccccc3)cc2/C=C2\SC(=O)N(c3cccc(C)c3C)C2=O)cc1. The number of anilines is 1. The maximum absolute atomic E-state index is 13.4. The molecular formula is C28H23N3O3S. The van der Waals surface area contributed by atoms with Crippen LogP contribution in [-0.2, 0) is 4.79 Å². The molecule has 0 spiro atoms. The van der Waals surface area contributed by atoms with E-state index in [1.165, 1.54) is 4.90 Å². The third-order valence-electron chi connectivity index (χ3n) is 6.02. The summed E-state index contributed by atoms with van der Waals surface area (Å²) in [6.07, 6.45) is 3.63. The van der Waals surface area contributed by atoms with Crippen molar-refractivity contribution in [2.24, 2.45) is 0 Å². The van der Waals surface area contributed by atoms with Crippen LogP contribution >= 0.6 is 11.8 Å². The fourth-order valence-corrected chi connectivity index (χ4v) is 4.80. The van der Waals surface area contributed by atoms with Crippen LogP contribution in [0.2, 0.25) is 0 Å². The molecule has 0 bridgehead atoms. The number of hydrogen-bond donors (Lipinski definition) is 0. The number of thioether (sulfide) groups is 1. The highest BCUT2D eigenvalue weighted by molar-refractivity contribution is 8.19. The van der Waals surface area contributed by atoms with Crippen molar-refractivity contribution in [2.45, 2.75) is 13.8 Å².